The first-order valence-corrected chi connectivity index (χ1v) is 6.22. The molecule has 0 heterocycles. The van der Waals surface area contributed by atoms with Crippen LogP contribution < -0.4 is 9.64 Å². The van der Waals surface area contributed by atoms with Crippen molar-refractivity contribution in [2.75, 3.05) is 25.1 Å². The van der Waals surface area contributed by atoms with Gasteiger partial charge in [-0.25, -0.2) is 0 Å². The molecule has 0 spiro atoms. The normalized spacial score (nSPS) is 12.3. The third-order valence-corrected chi connectivity index (χ3v) is 2.91. The molecular formula is C14H23NO2. The Hall–Kier alpha value is -1.22. The number of methoxy groups -OCH3 is 1. The second-order valence-corrected chi connectivity index (χ2v) is 4.22. The molecule has 17 heavy (non-hydrogen) atoms. The number of anilines is 1. The molecule has 0 saturated carbocycles. The zero-order chi connectivity index (χ0) is 12.8. The average Bonchev–Trinajstić information content (AvgIpc) is 2.31. The van der Waals surface area contributed by atoms with E-state index in [0.717, 1.165) is 24.4 Å². The number of benzene rings is 1. The number of nitrogens with zero attached hydrogens (tertiary/aromatic N) is 1. The Morgan fingerprint density at radius 2 is 1.94 bits per heavy atom. The Labute approximate surface area is 104 Å². The number of rotatable bonds is 6. The maximum Gasteiger partial charge on any atom is 0.124 e. The van der Waals surface area contributed by atoms with Gasteiger partial charge in [-0.15, -0.1) is 0 Å². The van der Waals surface area contributed by atoms with Crippen LogP contribution in [0, 0.1) is 0 Å². The van der Waals surface area contributed by atoms with Gasteiger partial charge in [-0.3, -0.25) is 0 Å². The molecule has 0 bridgehead atoms. The summed E-state index contributed by atoms with van der Waals surface area (Å²) in [5.41, 5.74) is 2.22. The fraction of sp³-hybridized carbons (Fsp3) is 0.571. The van der Waals surface area contributed by atoms with Gasteiger partial charge in [0.1, 0.15) is 5.75 Å². The van der Waals surface area contributed by atoms with Crippen LogP contribution >= 0.6 is 0 Å². The number of hydrogen-bond acceptors (Lipinski definition) is 3. The minimum absolute atomic E-state index is 0.344. The van der Waals surface area contributed by atoms with Gasteiger partial charge < -0.3 is 14.7 Å². The number of ether oxygens (including phenoxy) is 1. The van der Waals surface area contributed by atoms with Crippen molar-refractivity contribution < 1.29 is 9.84 Å². The Kier molecular flexibility index (Phi) is 5.29. The van der Waals surface area contributed by atoms with Crippen molar-refractivity contribution in [3.63, 3.8) is 0 Å². The smallest absolute Gasteiger partial charge is 0.124 e. The zero-order valence-electron chi connectivity index (χ0n) is 11.2. The molecule has 0 aliphatic carbocycles. The first kappa shape index (κ1) is 13.8. The molecule has 0 unspecified atom stereocenters. The van der Waals surface area contributed by atoms with Crippen LogP contribution in [0.5, 0.6) is 5.75 Å². The van der Waals surface area contributed by atoms with E-state index in [4.69, 9.17) is 4.74 Å². The van der Waals surface area contributed by atoms with Crippen LogP contribution in [0.15, 0.2) is 18.2 Å². The minimum atomic E-state index is -0.344. The van der Waals surface area contributed by atoms with Crippen LogP contribution in [0.1, 0.15) is 26.3 Å². The molecule has 1 atom stereocenters. The molecule has 1 aromatic rings. The molecule has 0 saturated heterocycles. The molecule has 0 fully saturated rings. The van der Waals surface area contributed by atoms with Crippen LogP contribution in [-0.4, -0.2) is 31.4 Å². The summed E-state index contributed by atoms with van der Waals surface area (Å²) in [7, 11) is 1.67. The Bertz CT molecular complexity index is 346. The van der Waals surface area contributed by atoms with Gasteiger partial charge in [0.25, 0.3) is 0 Å². The van der Waals surface area contributed by atoms with Crippen molar-refractivity contribution in [3.8, 4) is 5.75 Å². The highest BCUT2D eigenvalue weighted by molar-refractivity contribution is 5.53. The summed E-state index contributed by atoms with van der Waals surface area (Å²) in [6, 6.07) is 6.18. The standard InChI is InChI=1S/C14H23NO2/c1-5-15(6-2)13-8-7-12(9-11(3)16)14(10-13)17-4/h7-8,10-11,16H,5-6,9H2,1-4H3/t11-/m0/s1. The summed E-state index contributed by atoms with van der Waals surface area (Å²) in [6.07, 6.45) is 0.282. The van der Waals surface area contributed by atoms with Crippen molar-refractivity contribution in [2.24, 2.45) is 0 Å². The molecule has 0 aromatic heterocycles. The topological polar surface area (TPSA) is 32.7 Å². The molecule has 0 aliphatic heterocycles. The van der Waals surface area contributed by atoms with E-state index >= 15 is 0 Å². The van der Waals surface area contributed by atoms with E-state index < -0.39 is 0 Å². The maximum absolute atomic E-state index is 9.43. The van der Waals surface area contributed by atoms with Gasteiger partial charge in [-0.05, 0) is 32.4 Å². The number of aliphatic hydroxyl groups excluding tert-OH is 1. The highest BCUT2D eigenvalue weighted by atomic mass is 16.5. The molecule has 1 N–H and O–H groups in total. The van der Waals surface area contributed by atoms with E-state index in [-0.39, 0.29) is 6.10 Å². The van der Waals surface area contributed by atoms with Crippen LogP contribution in [0.4, 0.5) is 5.69 Å². The molecule has 0 amide bonds. The van der Waals surface area contributed by atoms with E-state index in [2.05, 4.69) is 24.8 Å². The summed E-state index contributed by atoms with van der Waals surface area (Å²) in [5.74, 6) is 0.857. The average molecular weight is 237 g/mol. The summed E-state index contributed by atoms with van der Waals surface area (Å²) in [6.45, 7) is 8.03. The lowest BCUT2D eigenvalue weighted by Crippen LogP contribution is -2.21. The van der Waals surface area contributed by atoms with Crippen molar-refractivity contribution >= 4 is 5.69 Å². The van der Waals surface area contributed by atoms with E-state index in [1.54, 1.807) is 14.0 Å². The van der Waals surface area contributed by atoms with Gasteiger partial charge in [-0.2, -0.15) is 0 Å². The van der Waals surface area contributed by atoms with Crippen molar-refractivity contribution in [2.45, 2.75) is 33.3 Å². The Morgan fingerprint density at radius 1 is 1.29 bits per heavy atom. The van der Waals surface area contributed by atoms with Crippen molar-refractivity contribution in [1.82, 2.24) is 0 Å². The largest absolute Gasteiger partial charge is 0.496 e. The van der Waals surface area contributed by atoms with Gasteiger partial charge in [0.05, 0.1) is 13.2 Å². The molecule has 0 aliphatic rings. The SMILES string of the molecule is CCN(CC)c1ccc(C[C@H](C)O)c(OC)c1. The summed E-state index contributed by atoms with van der Waals surface area (Å²) in [5, 5.41) is 9.43. The quantitative estimate of drug-likeness (QED) is 0.825. The third-order valence-electron chi connectivity index (χ3n) is 2.91. The van der Waals surface area contributed by atoms with Gasteiger partial charge >= 0.3 is 0 Å². The Morgan fingerprint density at radius 3 is 2.41 bits per heavy atom. The molecule has 3 nitrogen and oxygen atoms in total. The maximum atomic E-state index is 9.43. The zero-order valence-corrected chi connectivity index (χ0v) is 11.2. The second-order valence-electron chi connectivity index (χ2n) is 4.22. The molecule has 3 heteroatoms. The molecule has 1 rings (SSSR count). The lowest BCUT2D eigenvalue weighted by atomic mass is 10.1. The summed E-state index contributed by atoms with van der Waals surface area (Å²) in [4.78, 5) is 2.27. The predicted octanol–water partition coefficient (Wildman–Crippen LogP) is 2.46. The highest BCUT2D eigenvalue weighted by Crippen LogP contribution is 2.26. The van der Waals surface area contributed by atoms with Crippen LogP contribution in [0.3, 0.4) is 0 Å². The van der Waals surface area contributed by atoms with E-state index in [9.17, 15) is 5.11 Å². The molecule has 1 aromatic carbocycles. The van der Waals surface area contributed by atoms with Crippen LogP contribution in [0.2, 0.25) is 0 Å². The minimum Gasteiger partial charge on any atom is -0.496 e. The van der Waals surface area contributed by atoms with Crippen LogP contribution in [0.25, 0.3) is 0 Å². The van der Waals surface area contributed by atoms with Crippen molar-refractivity contribution in [3.05, 3.63) is 23.8 Å². The van der Waals surface area contributed by atoms with Gasteiger partial charge in [0.2, 0.25) is 0 Å². The Balaban J connectivity index is 2.99. The van der Waals surface area contributed by atoms with Gasteiger partial charge in [0.15, 0.2) is 0 Å². The first-order chi connectivity index (χ1) is 8.12. The number of hydrogen-bond donors (Lipinski definition) is 1. The summed E-state index contributed by atoms with van der Waals surface area (Å²) >= 11 is 0. The fourth-order valence-electron chi connectivity index (χ4n) is 2.01. The monoisotopic (exact) mass is 237 g/mol. The van der Waals surface area contributed by atoms with E-state index in [0.29, 0.717) is 6.42 Å². The highest BCUT2D eigenvalue weighted by Gasteiger charge is 2.09. The van der Waals surface area contributed by atoms with E-state index in [1.165, 1.54) is 5.69 Å². The van der Waals surface area contributed by atoms with Gasteiger partial charge in [-0.1, -0.05) is 6.07 Å². The lowest BCUT2D eigenvalue weighted by molar-refractivity contribution is 0.194. The fourth-order valence-corrected chi connectivity index (χ4v) is 2.01. The lowest BCUT2D eigenvalue weighted by Gasteiger charge is -2.22. The molecule has 96 valence electrons. The predicted molar refractivity (Wildman–Crippen MR) is 71.9 cm³/mol. The van der Waals surface area contributed by atoms with E-state index in [1.807, 2.05) is 12.1 Å². The van der Waals surface area contributed by atoms with Crippen LogP contribution in [-0.2, 0) is 6.42 Å². The second kappa shape index (κ2) is 6.50. The van der Waals surface area contributed by atoms with Gasteiger partial charge in [0, 0.05) is 31.3 Å². The summed E-state index contributed by atoms with van der Waals surface area (Å²) < 4.78 is 5.39. The molecular weight excluding hydrogens is 214 g/mol. The molecule has 0 radical (unpaired) electrons. The van der Waals surface area contributed by atoms with Crippen molar-refractivity contribution in [1.29, 1.82) is 0 Å². The number of aliphatic hydroxyl groups is 1. The third kappa shape index (κ3) is 3.63. The first-order valence-electron chi connectivity index (χ1n) is 6.22.